The van der Waals surface area contributed by atoms with E-state index in [9.17, 15) is 0 Å². The molecule has 1 fully saturated rings. The van der Waals surface area contributed by atoms with E-state index in [1.165, 1.54) is 12.0 Å². The van der Waals surface area contributed by atoms with Crippen molar-refractivity contribution in [2.24, 2.45) is 5.92 Å². The second-order valence-corrected chi connectivity index (χ2v) is 3.33. The minimum Gasteiger partial charge on any atom is -0.381 e. The van der Waals surface area contributed by atoms with Crippen LogP contribution < -0.4 is 5.32 Å². The van der Waals surface area contributed by atoms with Gasteiger partial charge in [0.25, 0.3) is 0 Å². The van der Waals surface area contributed by atoms with Gasteiger partial charge in [-0.2, -0.15) is 0 Å². The fourth-order valence-electron chi connectivity index (χ4n) is 1.55. The molecule has 2 nitrogen and oxygen atoms in total. The number of nitrogens with one attached hydrogen (secondary N) is 1. The summed E-state index contributed by atoms with van der Waals surface area (Å²) in [6, 6.07) is 0. The fraction of sp³-hybridized carbons (Fsp3) is 0.800. The molecule has 0 aromatic carbocycles. The number of hydrogen-bond donors (Lipinski definition) is 1. The van der Waals surface area contributed by atoms with E-state index < -0.39 is 0 Å². The smallest absolute Gasteiger partial charge is 0.0529 e. The third-order valence-electron chi connectivity index (χ3n) is 2.29. The highest BCUT2D eigenvalue weighted by molar-refractivity contribution is 5.06. The van der Waals surface area contributed by atoms with Crippen molar-refractivity contribution in [3.63, 3.8) is 0 Å². The minimum absolute atomic E-state index is 0.674. The number of ether oxygens (including phenoxy) is 1. The highest BCUT2D eigenvalue weighted by atomic mass is 16.5. The van der Waals surface area contributed by atoms with Gasteiger partial charge in [0, 0.05) is 19.1 Å². The molecule has 0 amide bonds. The van der Waals surface area contributed by atoms with Crippen molar-refractivity contribution in [3.8, 4) is 0 Å². The van der Waals surface area contributed by atoms with Crippen LogP contribution in [0.1, 0.15) is 19.8 Å². The van der Waals surface area contributed by atoms with Gasteiger partial charge in [-0.25, -0.2) is 0 Å². The average molecular weight is 169 g/mol. The van der Waals surface area contributed by atoms with Crippen molar-refractivity contribution >= 4 is 0 Å². The lowest BCUT2D eigenvalue weighted by Gasteiger charge is -2.06. The van der Waals surface area contributed by atoms with E-state index in [4.69, 9.17) is 4.74 Å². The predicted octanol–water partition coefficient (Wildman–Crippen LogP) is 1.58. The molecule has 70 valence electrons. The molecule has 1 rings (SSSR count). The maximum Gasteiger partial charge on any atom is 0.0529 e. The molecule has 0 radical (unpaired) electrons. The van der Waals surface area contributed by atoms with Crippen molar-refractivity contribution in [3.05, 3.63) is 11.6 Å². The first-order valence-corrected chi connectivity index (χ1v) is 4.78. The average Bonchev–Trinajstić information content (AvgIpc) is 2.56. The first-order chi connectivity index (χ1) is 5.86. The van der Waals surface area contributed by atoms with Crippen molar-refractivity contribution < 1.29 is 4.74 Å². The SMILES string of the molecule is CCC(=CC1CCOC1)CNC. The van der Waals surface area contributed by atoms with Crippen LogP contribution in [-0.2, 0) is 4.74 Å². The molecule has 1 N–H and O–H groups in total. The van der Waals surface area contributed by atoms with Crippen molar-refractivity contribution in [1.82, 2.24) is 5.32 Å². The van der Waals surface area contributed by atoms with Gasteiger partial charge in [-0.3, -0.25) is 0 Å². The van der Waals surface area contributed by atoms with Crippen LogP contribution in [0.2, 0.25) is 0 Å². The molecule has 1 heterocycles. The molecular formula is C10H19NO. The molecule has 0 aliphatic carbocycles. The van der Waals surface area contributed by atoms with E-state index >= 15 is 0 Å². The third kappa shape index (κ3) is 2.95. The molecule has 1 aliphatic heterocycles. The molecule has 0 saturated carbocycles. The van der Waals surface area contributed by atoms with Gasteiger partial charge in [0.05, 0.1) is 6.61 Å². The molecule has 0 aromatic rings. The summed E-state index contributed by atoms with van der Waals surface area (Å²) in [7, 11) is 1.99. The molecule has 0 aromatic heterocycles. The second kappa shape index (κ2) is 5.33. The quantitative estimate of drug-likeness (QED) is 0.645. The van der Waals surface area contributed by atoms with Gasteiger partial charge in [0.15, 0.2) is 0 Å². The van der Waals surface area contributed by atoms with Gasteiger partial charge in [-0.05, 0) is 19.9 Å². The van der Waals surface area contributed by atoms with Crippen LogP contribution in [0.25, 0.3) is 0 Å². The lowest BCUT2D eigenvalue weighted by molar-refractivity contribution is 0.191. The first kappa shape index (κ1) is 9.75. The molecule has 1 atom stereocenters. The Kier molecular flexibility index (Phi) is 4.33. The van der Waals surface area contributed by atoms with Gasteiger partial charge in [-0.1, -0.05) is 18.6 Å². The van der Waals surface area contributed by atoms with Gasteiger partial charge in [0.1, 0.15) is 0 Å². The normalized spacial score (nSPS) is 24.8. The molecular weight excluding hydrogens is 150 g/mol. The Morgan fingerprint density at radius 1 is 1.67 bits per heavy atom. The summed E-state index contributed by atoms with van der Waals surface area (Å²) >= 11 is 0. The molecule has 0 bridgehead atoms. The minimum atomic E-state index is 0.674. The third-order valence-corrected chi connectivity index (χ3v) is 2.29. The Labute approximate surface area is 75.0 Å². The summed E-state index contributed by atoms with van der Waals surface area (Å²) in [6.45, 7) is 5.09. The monoisotopic (exact) mass is 169 g/mol. The van der Waals surface area contributed by atoms with Crippen LogP contribution in [0.5, 0.6) is 0 Å². The molecule has 1 aliphatic rings. The number of hydrogen-bond acceptors (Lipinski definition) is 2. The lowest BCUT2D eigenvalue weighted by atomic mass is 10.0. The van der Waals surface area contributed by atoms with Crippen LogP contribution in [0.4, 0.5) is 0 Å². The lowest BCUT2D eigenvalue weighted by Crippen LogP contribution is -2.11. The highest BCUT2D eigenvalue weighted by Gasteiger charge is 2.12. The molecule has 1 unspecified atom stereocenters. The van der Waals surface area contributed by atoms with Crippen molar-refractivity contribution in [2.75, 3.05) is 26.8 Å². The van der Waals surface area contributed by atoms with Crippen molar-refractivity contribution in [1.29, 1.82) is 0 Å². The second-order valence-electron chi connectivity index (χ2n) is 3.33. The summed E-state index contributed by atoms with van der Waals surface area (Å²) in [5.74, 6) is 0.674. The van der Waals surface area contributed by atoms with E-state index in [-0.39, 0.29) is 0 Å². The van der Waals surface area contributed by atoms with Gasteiger partial charge in [0.2, 0.25) is 0 Å². The maximum absolute atomic E-state index is 5.32. The van der Waals surface area contributed by atoms with Crippen LogP contribution >= 0.6 is 0 Å². The van der Waals surface area contributed by atoms with Crippen LogP contribution in [0.15, 0.2) is 11.6 Å². The molecule has 1 saturated heterocycles. The Hall–Kier alpha value is -0.340. The Morgan fingerprint density at radius 3 is 3.00 bits per heavy atom. The van der Waals surface area contributed by atoms with E-state index in [1.54, 1.807) is 0 Å². The largest absolute Gasteiger partial charge is 0.381 e. The highest BCUT2D eigenvalue weighted by Crippen LogP contribution is 2.16. The maximum atomic E-state index is 5.32. The Morgan fingerprint density at radius 2 is 2.50 bits per heavy atom. The van der Waals surface area contributed by atoms with E-state index in [2.05, 4.69) is 18.3 Å². The summed E-state index contributed by atoms with van der Waals surface area (Å²) in [6.07, 6.45) is 4.73. The molecule has 0 spiro atoms. The number of rotatable bonds is 4. The van der Waals surface area contributed by atoms with Gasteiger partial charge in [-0.15, -0.1) is 0 Å². The topological polar surface area (TPSA) is 21.3 Å². The Bertz CT molecular complexity index is 148. The predicted molar refractivity (Wildman–Crippen MR) is 51.2 cm³/mol. The Balaban J connectivity index is 2.38. The summed E-state index contributed by atoms with van der Waals surface area (Å²) < 4.78 is 5.32. The van der Waals surface area contributed by atoms with Crippen LogP contribution in [0.3, 0.4) is 0 Å². The molecule has 2 heteroatoms. The summed E-state index contributed by atoms with van der Waals surface area (Å²) in [4.78, 5) is 0. The van der Waals surface area contributed by atoms with E-state index in [0.717, 1.165) is 26.2 Å². The van der Waals surface area contributed by atoms with E-state index in [1.807, 2.05) is 7.05 Å². The summed E-state index contributed by atoms with van der Waals surface area (Å²) in [5, 5.41) is 3.18. The van der Waals surface area contributed by atoms with Crippen LogP contribution in [-0.4, -0.2) is 26.8 Å². The van der Waals surface area contributed by atoms with E-state index in [0.29, 0.717) is 5.92 Å². The first-order valence-electron chi connectivity index (χ1n) is 4.78. The number of likely N-dealkylation sites (N-methyl/N-ethyl adjacent to an activating group) is 1. The zero-order valence-electron chi connectivity index (χ0n) is 8.10. The van der Waals surface area contributed by atoms with Gasteiger partial charge >= 0.3 is 0 Å². The fourth-order valence-corrected chi connectivity index (χ4v) is 1.55. The van der Waals surface area contributed by atoms with Crippen molar-refractivity contribution in [2.45, 2.75) is 19.8 Å². The zero-order valence-corrected chi connectivity index (χ0v) is 8.10. The standard InChI is InChI=1S/C10H19NO/c1-3-9(7-11-2)6-10-4-5-12-8-10/h6,10-11H,3-5,7-8H2,1-2H3. The molecule has 12 heavy (non-hydrogen) atoms. The van der Waals surface area contributed by atoms with Crippen LogP contribution in [0, 0.1) is 5.92 Å². The van der Waals surface area contributed by atoms with Gasteiger partial charge < -0.3 is 10.1 Å². The summed E-state index contributed by atoms with van der Waals surface area (Å²) in [5.41, 5.74) is 1.51. The zero-order chi connectivity index (χ0) is 8.81.